The topological polar surface area (TPSA) is 41.1 Å². The Morgan fingerprint density at radius 1 is 1.11 bits per heavy atom. The molecule has 1 saturated carbocycles. The number of amides is 1. The highest BCUT2D eigenvalue weighted by atomic mass is 35.5. The number of hydrogen-bond acceptors (Lipinski definition) is 2. The van der Waals surface area contributed by atoms with E-state index in [2.05, 4.69) is 17.6 Å². The molecule has 1 unspecified atom stereocenters. The summed E-state index contributed by atoms with van der Waals surface area (Å²) in [7, 11) is 0. The van der Waals surface area contributed by atoms with Gasteiger partial charge in [-0.3, -0.25) is 4.79 Å². The van der Waals surface area contributed by atoms with Crippen LogP contribution in [0.1, 0.15) is 64.7 Å². The monoisotopic (exact) mass is 274 g/mol. The number of nitrogens with one attached hydrogen (secondary N) is 2. The number of carbonyl (C=O) groups excluding carboxylic acids is 1. The van der Waals surface area contributed by atoms with Gasteiger partial charge in [0.15, 0.2) is 0 Å². The van der Waals surface area contributed by atoms with Crippen LogP contribution < -0.4 is 10.6 Å². The largest absolute Gasteiger partial charge is 0.352 e. The summed E-state index contributed by atoms with van der Waals surface area (Å²) in [6.45, 7) is 3.03. The van der Waals surface area contributed by atoms with Gasteiger partial charge in [-0.2, -0.15) is 0 Å². The third-order valence-corrected chi connectivity index (χ3v) is 4.31. The molecule has 0 aromatic heterocycles. The maximum atomic E-state index is 12.3. The molecule has 0 bridgehead atoms. The third-order valence-electron chi connectivity index (χ3n) is 4.31. The number of halogens is 1. The lowest BCUT2D eigenvalue weighted by atomic mass is 9.89. The van der Waals surface area contributed by atoms with Gasteiger partial charge in [0.1, 0.15) is 0 Å². The van der Waals surface area contributed by atoms with Gasteiger partial charge in [-0.1, -0.05) is 25.7 Å². The molecule has 1 saturated heterocycles. The van der Waals surface area contributed by atoms with E-state index < -0.39 is 0 Å². The average molecular weight is 275 g/mol. The van der Waals surface area contributed by atoms with Gasteiger partial charge in [0.05, 0.1) is 5.54 Å². The maximum absolute atomic E-state index is 12.3. The van der Waals surface area contributed by atoms with Crippen LogP contribution in [0.4, 0.5) is 0 Å². The van der Waals surface area contributed by atoms with Crippen LogP contribution >= 0.6 is 12.4 Å². The van der Waals surface area contributed by atoms with E-state index in [4.69, 9.17) is 0 Å². The molecule has 2 N–H and O–H groups in total. The van der Waals surface area contributed by atoms with Gasteiger partial charge in [0, 0.05) is 6.04 Å². The lowest BCUT2D eigenvalue weighted by Crippen LogP contribution is -2.58. The summed E-state index contributed by atoms with van der Waals surface area (Å²) < 4.78 is 0. The van der Waals surface area contributed by atoms with Gasteiger partial charge >= 0.3 is 0 Å². The van der Waals surface area contributed by atoms with E-state index in [1.54, 1.807) is 0 Å². The SMILES string of the molecule is CC1(C(=O)NC2CCCCCC2)CCCCN1.Cl. The van der Waals surface area contributed by atoms with Gasteiger partial charge in [-0.05, 0) is 45.6 Å². The molecule has 1 aliphatic heterocycles. The summed E-state index contributed by atoms with van der Waals surface area (Å²) in [5, 5.41) is 6.66. The quantitative estimate of drug-likeness (QED) is 0.761. The Labute approximate surface area is 117 Å². The molecule has 1 heterocycles. The first kappa shape index (κ1) is 15.8. The fourth-order valence-corrected chi connectivity index (χ4v) is 3.02. The fraction of sp³-hybridized carbons (Fsp3) is 0.929. The van der Waals surface area contributed by atoms with E-state index in [1.807, 2.05) is 0 Å². The van der Waals surface area contributed by atoms with Crippen LogP contribution in [0.5, 0.6) is 0 Å². The zero-order chi connectivity index (χ0) is 12.1. The highest BCUT2D eigenvalue weighted by Gasteiger charge is 2.35. The minimum atomic E-state index is -0.315. The number of rotatable bonds is 2. The first-order valence-electron chi connectivity index (χ1n) is 7.27. The van der Waals surface area contributed by atoms with Gasteiger partial charge in [0.2, 0.25) is 5.91 Å². The minimum absolute atomic E-state index is 0. The summed E-state index contributed by atoms with van der Waals surface area (Å²) in [4.78, 5) is 12.3. The number of carbonyl (C=O) groups is 1. The van der Waals surface area contributed by atoms with E-state index >= 15 is 0 Å². The standard InChI is InChI=1S/C14H26N2O.ClH/c1-14(10-6-7-11-15-14)13(17)16-12-8-4-2-3-5-9-12;/h12,15H,2-11H2,1H3,(H,16,17);1H. The van der Waals surface area contributed by atoms with Crippen LogP contribution in [-0.4, -0.2) is 24.0 Å². The molecule has 3 nitrogen and oxygen atoms in total. The molecule has 0 spiro atoms. The summed E-state index contributed by atoms with van der Waals surface area (Å²) in [5.74, 6) is 0.226. The average Bonchev–Trinajstić information content (AvgIpc) is 2.58. The lowest BCUT2D eigenvalue weighted by molar-refractivity contribution is -0.128. The minimum Gasteiger partial charge on any atom is -0.352 e. The van der Waals surface area contributed by atoms with E-state index in [-0.39, 0.29) is 23.9 Å². The summed E-state index contributed by atoms with van der Waals surface area (Å²) in [6.07, 6.45) is 10.9. The third kappa shape index (κ3) is 4.13. The van der Waals surface area contributed by atoms with Gasteiger partial charge in [-0.25, -0.2) is 0 Å². The van der Waals surface area contributed by atoms with Crippen LogP contribution in [0.2, 0.25) is 0 Å². The van der Waals surface area contributed by atoms with E-state index in [1.165, 1.54) is 51.4 Å². The molecule has 106 valence electrons. The van der Waals surface area contributed by atoms with Crippen molar-refractivity contribution >= 4 is 18.3 Å². The zero-order valence-corrected chi connectivity index (χ0v) is 12.3. The molecule has 0 aromatic carbocycles. The van der Waals surface area contributed by atoms with Crippen molar-refractivity contribution in [2.75, 3.05) is 6.54 Å². The van der Waals surface area contributed by atoms with Crippen LogP contribution in [0, 0.1) is 0 Å². The van der Waals surface area contributed by atoms with Crippen LogP contribution in [-0.2, 0) is 4.79 Å². The van der Waals surface area contributed by atoms with Gasteiger partial charge < -0.3 is 10.6 Å². The molecule has 0 aromatic rings. The van der Waals surface area contributed by atoms with Crippen molar-refractivity contribution in [3.63, 3.8) is 0 Å². The Morgan fingerprint density at radius 2 is 1.78 bits per heavy atom. The van der Waals surface area contributed by atoms with Crippen molar-refractivity contribution in [3.05, 3.63) is 0 Å². The molecule has 2 fully saturated rings. The van der Waals surface area contributed by atoms with Crippen molar-refractivity contribution in [1.29, 1.82) is 0 Å². The van der Waals surface area contributed by atoms with Crippen LogP contribution in [0.25, 0.3) is 0 Å². The Hall–Kier alpha value is -0.280. The van der Waals surface area contributed by atoms with Crippen LogP contribution in [0.15, 0.2) is 0 Å². The second-order valence-corrected chi connectivity index (χ2v) is 5.88. The Kier molecular flexibility index (Phi) is 6.44. The van der Waals surface area contributed by atoms with E-state index in [0.29, 0.717) is 6.04 Å². The molecule has 1 amide bonds. The van der Waals surface area contributed by atoms with Crippen molar-refractivity contribution in [2.24, 2.45) is 0 Å². The fourth-order valence-electron chi connectivity index (χ4n) is 3.02. The molecule has 1 aliphatic carbocycles. The molecule has 2 rings (SSSR count). The number of piperidine rings is 1. The van der Waals surface area contributed by atoms with Crippen molar-refractivity contribution in [3.8, 4) is 0 Å². The van der Waals surface area contributed by atoms with E-state index in [9.17, 15) is 4.79 Å². The second-order valence-electron chi connectivity index (χ2n) is 5.88. The Balaban J connectivity index is 0.00000162. The summed E-state index contributed by atoms with van der Waals surface area (Å²) >= 11 is 0. The first-order chi connectivity index (χ1) is 8.21. The highest BCUT2D eigenvalue weighted by Crippen LogP contribution is 2.21. The highest BCUT2D eigenvalue weighted by molar-refractivity contribution is 5.86. The Bertz CT molecular complexity index is 257. The van der Waals surface area contributed by atoms with Crippen molar-refractivity contribution in [1.82, 2.24) is 10.6 Å². The predicted molar refractivity (Wildman–Crippen MR) is 77.1 cm³/mol. The predicted octanol–water partition coefficient (Wildman–Crippen LogP) is 2.78. The lowest BCUT2D eigenvalue weighted by Gasteiger charge is -2.34. The maximum Gasteiger partial charge on any atom is 0.240 e. The van der Waals surface area contributed by atoms with E-state index in [0.717, 1.165) is 13.0 Å². The molecule has 2 aliphatic rings. The summed E-state index contributed by atoms with van der Waals surface area (Å²) in [6, 6.07) is 0.422. The molecule has 1 atom stereocenters. The van der Waals surface area contributed by atoms with Crippen molar-refractivity contribution < 1.29 is 4.79 Å². The normalized spacial score (nSPS) is 30.1. The number of hydrogen-bond donors (Lipinski definition) is 2. The molecule has 18 heavy (non-hydrogen) atoms. The second kappa shape index (κ2) is 7.34. The first-order valence-corrected chi connectivity index (χ1v) is 7.27. The molecule has 4 heteroatoms. The smallest absolute Gasteiger partial charge is 0.240 e. The molecular weight excluding hydrogens is 248 g/mol. The molecule has 0 radical (unpaired) electrons. The Morgan fingerprint density at radius 3 is 2.33 bits per heavy atom. The zero-order valence-electron chi connectivity index (χ0n) is 11.5. The van der Waals surface area contributed by atoms with Crippen molar-refractivity contribution in [2.45, 2.75) is 76.3 Å². The summed E-state index contributed by atoms with van der Waals surface area (Å²) in [5.41, 5.74) is -0.315. The van der Waals surface area contributed by atoms with Crippen LogP contribution in [0.3, 0.4) is 0 Å². The van der Waals surface area contributed by atoms with Gasteiger partial charge in [-0.15, -0.1) is 12.4 Å². The van der Waals surface area contributed by atoms with Gasteiger partial charge in [0.25, 0.3) is 0 Å². The molecular formula is C14H27ClN2O.